The first kappa shape index (κ1) is 19.9. The Bertz CT molecular complexity index is 768. The van der Waals surface area contributed by atoms with Crippen molar-refractivity contribution >= 4 is 17.6 Å². The minimum atomic E-state index is 0.0106. The minimum Gasteiger partial charge on any atom is -0.337 e. The molecule has 0 radical (unpaired) electrons. The molecular weight excluding hydrogens is 360 g/mol. The van der Waals surface area contributed by atoms with Gasteiger partial charge in [0.1, 0.15) is 5.82 Å². The minimum absolute atomic E-state index is 0.0106. The number of hydrogen-bond donors (Lipinski definition) is 0. The maximum atomic E-state index is 12.8. The average Bonchev–Trinajstić information content (AvgIpc) is 3.18. The summed E-state index contributed by atoms with van der Waals surface area (Å²) in [5.74, 6) is 3.08. The summed E-state index contributed by atoms with van der Waals surface area (Å²) in [6.07, 6.45) is 4.99. The molecule has 148 valence electrons. The lowest BCUT2D eigenvalue weighted by Crippen LogP contribution is -2.32. The predicted molar refractivity (Wildman–Crippen MR) is 106 cm³/mol. The molecule has 1 aliphatic rings. The first-order chi connectivity index (χ1) is 13.0. The van der Waals surface area contributed by atoms with Crippen LogP contribution in [-0.2, 0) is 13.0 Å². The van der Waals surface area contributed by atoms with Crippen molar-refractivity contribution in [2.75, 3.05) is 13.1 Å². The molecule has 7 nitrogen and oxygen atoms in total. The topological polar surface area (TPSA) is 76.8 Å². The molecule has 27 heavy (non-hydrogen) atoms. The molecule has 1 amide bonds. The number of hydrogen-bond acceptors (Lipinski definition) is 6. The number of carbonyl (C=O) groups excluding carboxylic acids is 1. The van der Waals surface area contributed by atoms with E-state index in [0.717, 1.165) is 80.8 Å². The third-order valence-electron chi connectivity index (χ3n) is 5.22. The number of aromatic nitrogens is 5. The van der Waals surface area contributed by atoms with Gasteiger partial charge in [-0.05, 0) is 45.4 Å². The summed E-state index contributed by atoms with van der Waals surface area (Å²) in [5, 5.41) is 4.72. The highest BCUT2D eigenvalue weighted by Gasteiger charge is 2.27. The highest BCUT2D eigenvalue weighted by Crippen LogP contribution is 2.28. The Hall–Kier alpha value is -1.83. The highest BCUT2D eigenvalue weighted by molar-refractivity contribution is 6.99. The quantitative estimate of drug-likeness (QED) is 0.755. The maximum Gasteiger partial charge on any atom is 0.275 e. The van der Waals surface area contributed by atoms with Crippen LogP contribution in [0.3, 0.4) is 0 Å². The van der Waals surface area contributed by atoms with E-state index in [9.17, 15) is 4.79 Å². The number of nitrogens with zero attached hydrogens (tertiary/aromatic N) is 6. The Balaban J connectivity index is 1.69. The Labute approximate surface area is 165 Å². The van der Waals surface area contributed by atoms with E-state index in [-0.39, 0.29) is 5.91 Å². The van der Waals surface area contributed by atoms with E-state index < -0.39 is 0 Å². The van der Waals surface area contributed by atoms with Gasteiger partial charge < -0.3 is 4.90 Å². The summed E-state index contributed by atoms with van der Waals surface area (Å²) in [7, 11) is 0. The van der Waals surface area contributed by atoms with E-state index in [1.165, 1.54) is 0 Å². The van der Waals surface area contributed by atoms with Gasteiger partial charge in [0.25, 0.3) is 5.91 Å². The molecule has 1 saturated heterocycles. The number of amides is 1. The first-order valence-corrected chi connectivity index (χ1v) is 10.7. The maximum absolute atomic E-state index is 12.8. The van der Waals surface area contributed by atoms with Crippen molar-refractivity contribution in [2.45, 2.75) is 72.3 Å². The number of carbonyl (C=O) groups is 1. The molecule has 0 bridgehead atoms. The number of rotatable bonds is 6. The molecule has 1 fully saturated rings. The fourth-order valence-corrected chi connectivity index (χ4v) is 4.14. The van der Waals surface area contributed by atoms with Gasteiger partial charge in [-0.3, -0.25) is 4.79 Å². The van der Waals surface area contributed by atoms with Crippen molar-refractivity contribution in [3.05, 3.63) is 23.0 Å². The third-order valence-corrected chi connectivity index (χ3v) is 5.84. The van der Waals surface area contributed by atoms with Crippen LogP contribution in [0.2, 0.25) is 0 Å². The van der Waals surface area contributed by atoms with Crippen LogP contribution in [0.4, 0.5) is 0 Å². The van der Waals surface area contributed by atoms with Gasteiger partial charge in [0, 0.05) is 32.0 Å². The molecule has 0 N–H and O–H groups in total. The Morgan fingerprint density at radius 3 is 2.74 bits per heavy atom. The normalized spacial score (nSPS) is 18.1. The fraction of sp³-hybridized carbons (Fsp3) is 0.737. The standard InChI is InChI=1S/C19H30N6OS/c1-5-25-18(20-16(21-25)9-8-13(2)3)15-7-6-11-24(12-10-15)19(26)17-14(4)22-27-23-17/h13,15H,5-12H2,1-4H3. The fourth-order valence-electron chi connectivity index (χ4n) is 3.59. The van der Waals surface area contributed by atoms with Gasteiger partial charge >= 0.3 is 0 Å². The van der Waals surface area contributed by atoms with E-state index in [1.807, 2.05) is 11.8 Å². The molecule has 1 unspecified atom stereocenters. The molecular formula is C19H30N6OS. The zero-order valence-electron chi connectivity index (χ0n) is 16.8. The summed E-state index contributed by atoms with van der Waals surface area (Å²) in [4.78, 5) is 19.6. The largest absolute Gasteiger partial charge is 0.337 e. The Kier molecular flexibility index (Phi) is 6.57. The van der Waals surface area contributed by atoms with Gasteiger partial charge in [0.05, 0.1) is 17.4 Å². The van der Waals surface area contributed by atoms with E-state index in [4.69, 9.17) is 10.1 Å². The van der Waals surface area contributed by atoms with Crippen molar-refractivity contribution < 1.29 is 4.79 Å². The van der Waals surface area contributed by atoms with Gasteiger partial charge in [0.2, 0.25) is 0 Å². The molecule has 0 saturated carbocycles. The summed E-state index contributed by atoms with van der Waals surface area (Å²) >= 11 is 1.11. The molecule has 3 rings (SSSR count). The zero-order valence-corrected chi connectivity index (χ0v) is 17.6. The Morgan fingerprint density at radius 2 is 2.07 bits per heavy atom. The van der Waals surface area contributed by atoms with Crippen LogP contribution in [0, 0.1) is 12.8 Å². The van der Waals surface area contributed by atoms with E-state index in [1.54, 1.807) is 0 Å². The van der Waals surface area contributed by atoms with Crippen LogP contribution in [0.1, 0.15) is 80.2 Å². The van der Waals surface area contributed by atoms with Crippen LogP contribution in [0.5, 0.6) is 0 Å². The molecule has 2 aromatic heterocycles. The van der Waals surface area contributed by atoms with Crippen LogP contribution in [0.15, 0.2) is 0 Å². The predicted octanol–water partition coefficient (Wildman–Crippen LogP) is 3.46. The molecule has 2 aromatic rings. The summed E-state index contributed by atoms with van der Waals surface area (Å²) in [5.41, 5.74) is 1.23. The van der Waals surface area contributed by atoms with Crippen molar-refractivity contribution in [3.8, 4) is 0 Å². The van der Waals surface area contributed by atoms with Crippen molar-refractivity contribution in [3.63, 3.8) is 0 Å². The smallest absolute Gasteiger partial charge is 0.275 e. The number of likely N-dealkylation sites (tertiary alicyclic amines) is 1. The molecule has 1 atom stereocenters. The second kappa shape index (κ2) is 8.91. The number of aryl methyl sites for hydroxylation is 3. The van der Waals surface area contributed by atoms with E-state index >= 15 is 0 Å². The van der Waals surface area contributed by atoms with E-state index in [0.29, 0.717) is 17.5 Å². The van der Waals surface area contributed by atoms with Crippen LogP contribution in [0.25, 0.3) is 0 Å². The van der Waals surface area contributed by atoms with Gasteiger partial charge in [-0.25, -0.2) is 9.67 Å². The summed E-state index contributed by atoms with van der Waals surface area (Å²) < 4.78 is 10.4. The molecule has 0 aromatic carbocycles. The van der Waals surface area contributed by atoms with Gasteiger partial charge in [-0.2, -0.15) is 13.8 Å². The summed E-state index contributed by atoms with van der Waals surface area (Å²) in [6, 6.07) is 0. The lowest BCUT2D eigenvalue weighted by Gasteiger charge is -2.19. The van der Waals surface area contributed by atoms with Crippen LogP contribution >= 0.6 is 11.7 Å². The van der Waals surface area contributed by atoms with Crippen LogP contribution < -0.4 is 0 Å². The lowest BCUT2D eigenvalue weighted by atomic mass is 10.00. The summed E-state index contributed by atoms with van der Waals surface area (Å²) in [6.45, 7) is 10.8. The monoisotopic (exact) mass is 390 g/mol. The second-order valence-electron chi connectivity index (χ2n) is 7.75. The van der Waals surface area contributed by atoms with Gasteiger partial charge in [-0.1, -0.05) is 13.8 Å². The van der Waals surface area contributed by atoms with Crippen molar-refractivity contribution in [1.29, 1.82) is 0 Å². The average molecular weight is 391 g/mol. The van der Waals surface area contributed by atoms with E-state index in [2.05, 4.69) is 34.2 Å². The van der Waals surface area contributed by atoms with Crippen molar-refractivity contribution in [1.82, 2.24) is 28.4 Å². The lowest BCUT2D eigenvalue weighted by molar-refractivity contribution is 0.0755. The molecule has 3 heterocycles. The zero-order chi connectivity index (χ0) is 19.4. The highest BCUT2D eigenvalue weighted by atomic mass is 32.1. The first-order valence-electron chi connectivity index (χ1n) is 10.0. The SMILES string of the molecule is CCn1nc(CCC(C)C)nc1C1CCCN(C(=O)c2nsnc2C)CC1. The molecule has 0 spiro atoms. The van der Waals surface area contributed by atoms with Gasteiger partial charge in [-0.15, -0.1) is 0 Å². The Morgan fingerprint density at radius 1 is 1.26 bits per heavy atom. The molecule has 0 aliphatic carbocycles. The molecule has 1 aliphatic heterocycles. The van der Waals surface area contributed by atoms with Crippen molar-refractivity contribution in [2.24, 2.45) is 5.92 Å². The van der Waals surface area contributed by atoms with Crippen LogP contribution in [-0.4, -0.2) is 47.4 Å². The van der Waals surface area contributed by atoms with Gasteiger partial charge in [0.15, 0.2) is 11.5 Å². The third kappa shape index (κ3) is 4.72. The molecule has 8 heteroatoms. The second-order valence-corrected chi connectivity index (χ2v) is 8.28.